The SMILES string of the molecule is Cc1cc(C(=O)CN2C(=O)N[C@@](C)(c3ccccc3Cl)C2=O)c(C)n1C[C@@H]1CCCO1. The summed E-state index contributed by atoms with van der Waals surface area (Å²) in [5, 5.41) is 3.08. The Kier molecular flexibility index (Phi) is 5.66. The average Bonchev–Trinajstić information content (AvgIpc) is 3.40. The van der Waals surface area contributed by atoms with Crippen LogP contribution in [-0.2, 0) is 21.6 Å². The molecule has 0 spiro atoms. The molecular formula is C23H26ClN3O4. The molecule has 2 aromatic rings. The highest BCUT2D eigenvalue weighted by Crippen LogP contribution is 2.33. The number of benzene rings is 1. The van der Waals surface area contributed by atoms with Crippen LogP contribution in [0.1, 0.15) is 47.1 Å². The standard InChI is InChI=1S/C23H26ClN3O4/c1-14-11-17(15(2)26(14)12-16-7-6-10-31-16)20(28)13-27-21(29)23(3,25-22(27)30)18-8-4-5-9-19(18)24/h4-5,8-9,11,16H,6-7,10,12-13H2,1-3H3,(H,25,30)/t16-,23-/m0/s1. The summed E-state index contributed by atoms with van der Waals surface area (Å²) in [6.07, 6.45) is 2.20. The highest BCUT2D eigenvalue weighted by Gasteiger charge is 2.50. The third-order valence-corrected chi connectivity index (χ3v) is 6.60. The molecule has 2 saturated heterocycles. The predicted octanol–water partition coefficient (Wildman–Crippen LogP) is 3.59. The van der Waals surface area contributed by atoms with Crippen LogP contribution >= 0.6 is 11.6 Å². The Hall–Kier alpha value is -2.64. The number of ketones is 1. The number of carbonyl (C=O) groups excluding carboxylic acids is 3. The van der Waals surface area contributed by atoms with E-state index in [1.807, 2.05) is 19.9 Å². The van der Waals surface area contributed by atoms with Crippen LogP contribution in [0.25, 0.3) is 0 Å². The molecule has 0 radical (unpaired) electrons. The van der Waals surface area contributed by atoms with Gasteiger partial charge in [-0.2, -0.15) is 0 Å². The predicted molar refractivity (Wildman–Crippen MR) is 116 cm³/mol. The molecule has 3 heterocycles. The molecule has 2 aliphatic heterocycles. The number of nitrogens with one attached hydrogen (secondary N) is 1. The van der Waals surface area contributed by atoms with Crippen molar-refractivity contribution in [2.75, 3.05) is 13.2 Å². The molecule has 0 unspecified atom stereocenters. The molecule has 1 aromatic heterocycles. The molecule has 0 saturated carbocycles. The maximum absolute atomic E-state index is 13.2. The number of amides is 3. The van der Waals surface area contributed by atoms with Gasteiger partial charge in [0, 0.05) is 40.7 Å². The highest BCUT2D eigenvalue weighted by molar-refractivity contribution is 6.32. The Morgan fingerprint density at radius 2 is 2.03 bits per heavy atom. The van der Waals surface area contributed by atoms with Crippen LogP contribution in [0.15, 0.2) is 30.3 Å². The van der Waals surface area contributed by atoms with Crippen LogP contribution in [0.5, 0.6) is 0 Å². The molecule has 4 rings (SSSR count). The minimum atomic E-state index is -1.31. The van der Waals surface area contributed by atoms with Gasteiger partial charge >= 0.3 is 6.03 Å². The molecule has 164 valence electrons. The maximum Gasteiger partial charge on any atom is 0.325 e. The van der Waals surface area contributed by atoms with Gasteiger partial charge < -0.3 is 14.6 Å². The lowest BCUT2D eigenvalue weighted by Crippen LogP contribution is -2.41. The van der Waals surface area contributed by atoms with Crippen LogP contribution in [0, 0.1) is 13.8 Å². The van der Waals surface area contributed by atoms with Crippen molar-refractivity contribution in [2.45, 2.75) is 51.8 Å². The van der Waals surface area contributed by atoms with Gasteiger partial charge in [0.15, 0.2) is 5.78 Å². The van der Waals surface area contributed by atoms with Gasteiger partial charge in [0.25, 0.3) is 5.91 Å². The number of imide groups is 1. The highest BCUT2D eigenvalue weighted by atomic mass is 35.5. The Balaban J connectivity index is 1.54. The minimum absolute atomic E-state index is 0.148. The Morgan fingerprint density at radius 3 is 2.71 bits per heavy atom. The molecule has 2 fully saturated rings. The summed E-state index contributed by atoms with van der Waals surface area (Å²) >= 11 is 6.27. The van der Waals surface area contributed by atoms with E-state index < -0.39 is 17.5 Å². The van der Waals surface area contributed by atoms with E-state index in [1.165, 1.54) is 0 Å². The fourth-order valence-electron chi connectivity index (χ4n) is 4.47. The first kappa shape index (κ1) is 21.6. The van der Waals surface area contributed by atoms with Gasteiger partial charge in [0.05, 0.1) is 12.6 Å². The fraction of sp³-hybridized carbons (Fsp3) is 0.435. The van der Waals surface area contributed by atoms with Crippen LogP contribution in [-0.4, -0.2) is 46.4 Å². The molecule has 8 heteroatoms. The van der Waals surface area contributed by atoms with Gasteiger partial charge in [0.2, 0.25) is 0 Å². The summed E-state index contributed by atoms with van der Waals surface area (Å²) in [6, 6.07) is 8.09. The van der Waals surface area contributed by atoms with E-state index in [0.717, 1.165) is 35.7 Å². The zero-order chi connectivity index (χ0) is 22.3. The number of rotatable bonds is 6. The van der Waals surface area contributed by atoms with E-state index in [2.05, 4.69) is 9.88 Å². The van der Waals surface area contributed by atoms with Crippen LogP contribution in [0.2, 0.25) is 5.02 Å². The molecular weight excluding hydrogens is 418 g/mol. The van der Waals surface area contributed by atoms with Gasteiger partial charge in [-0.05, 0) is 45.7 Å². The number of urea groups is 1. The van der Waals surface area contributed by atoms with Crippen molar-refractivity contribution in [1.82, 2.24) is 14.8 Å². The second-order valence-corrected chi connectivity index (χ2v) is 8.79. The van der Waals surface area contributed by atoms with Crippen molar-refractivity contribution in [2.24, 2.45) is 0 Å². The van der Waals surface area contributed by atoms with Crippen molar-refractivity contribution in [3.63, 3.8) is 0 Å². The molecule has 7 nitrogen and oxygen atoms in total. The lowest BCUT2D eigenvalue weighted by molar-refractivity contribution is -0.130. The monoisotopic (exact) mass is 443 g/mol. The first-order chi connectivity index (χ1) is 14.7. The molecule has 31 heavy (non-hydrogen) atoms. The third kappa shape index (κ3) is 3.77. The smallest absolute Gasteiger partial charge is 0.325 e. The van der Waals surface area contributed by atoms with E-state index in [4.69, 9.17) is 16.3 Å². The van der Waals surface area contributed by atoms with Crippen molar-refractivity contribution >= 4 is 29.3 Å². The van der Waals surface area contributed by atoms with E-state index in [1.54, 1.807) is 31.2 Å². The zero-order valence-corrected chi connectivity index (χ0v) is 18.7. The van der Waals surface area contributed by atoms with Crippen molar-refractivity contribution in [1.29, 1.82) is 0 Å². The molecule has 1 aromatic carbocycles. The van der Waals surface area contributed by atoms with Gasteiger partial charge in [-0.3, -0.25) is 14.5 Å². The van der Waals surface area contributed by atoms with E-state index in [-0.39, 0.29) is 18.4 Å². The van der Waals surface area contributed by atoms with Crippen molar-refractivity contribution in [3.05, 3.63) is 57.9 Å². The van der Waals surface area contributed by atoms with E-state index in [9.17, 15) is 14.4 Å². The summed E-state index contributed by atoms with van der Waals surface area (Å²) in [5.74, 6) is -0.772. The first-order valence-electron chi connectivity index (χ1n) is 10.4. The number of hydrogen-bond acceptors (Lipinski definition) is 4. The third-order valence-electron chi connectivity index (χ3n) is 6.27. The summed E-state index contributed by atoms with van der Waals surface area (Å²) in [7, 11) is 0. The number of ether oxygens (including phenoxy) is 1. The van der Waals surface area contributed by atoms with Gasteiger partial charge in [0.1, 0.15) is 5.54 Å². The quantitative estimate of drug-likeness (QED) is 0.546. The number of halogens is 1. The van der Waals surface area contributed by atoms with Crippen molar-refractivity contribution < 1.29 is 19.1 Å². The Bertz CT molecular complexity index is 1060. The van der Waals surface area contributed by atoms with Crippen LogP contribution in [0.3, 0.4) is 0 Å². The number of carbonyl (C=O) groups is 3. The van der Waals surface area contributed by atoms with Gasteiger partial charge in [-0.15, -0.1) is 0 Å². The lowest BCUT2D eigenvalue weighted by atomic mass is 9.92. The van der Waals surface area contributed by atoms with Gasteiger partial charge in [-0.25, -0.2) is 4.79 Å². The Morgan fingerprint density at radius 1 is 1.29 bits per heavy atom. The molecule has 0 aliphatic carbocycles. The van der Waals surface area contributed by atoms with Crippen LogP contribution < -0.4 is 5.32 Å². The number of aryl methyl sites for hydroxylation is 1. The number of nitrogens with zero attached hydrogens (tertiary/aromatic N) is 2. The maximum atomic E-state index is 13.2. The largest absolute Gasteiger partial charge is 0.376 e. The normalized spacial score (nSPS) is 23.5. The van der Waals surface area contributed by atoms with Crippen LogP contribution in [0.4, 0.5) is 4.79 Å². The molecule has 2 atom stereocenters. The second-order valence-electron chi connectivity index (χ2n) is 8.38. The second kappa shape index (κ2) is 8.13. The molecule has 1 N–H and O–H groups in total. The van der Waals surface area contributed by atoms with Crippen molar-refractivity contribution in [3.8, 4) is 0 Å². The number of Topliss-reactive ketones (excluding diaryl/α,β-unsaturated/α-hetero) is 1. The summed E-state index contributed by atoms with van der Waals surface area (Å²) in [6.45, 7) is 6.57. The first-order valence-corrected chi connectivity index (χ1v) is 10.8. The topological polar surface area (TPSA) is 80.6 Å². The molecule has 2 aliphatic rings. The molecule has 0 bridgehead atoms. The molecule has 3 amide bonds. The minimum Gasteiger partial charge on any atom is -0.376 e. The Labute approximate surface area is 186 Å². The number of hydrogen-bond donors (Lipinski definition) is 1. The zero-order valence-electron chi connectivity index (χ0n) is 17.9. The summed E-state index contributed by atoms with van der Waals surface area (Å²) < 4.78 is 7.80. The summed E-state index contributed by atoms with van der Waals surface area (Å²) in [4.78, 5) is 39.8. The summed E-state index contributed by atoms with van der Waals surface area (Å²) in [5.41, 5.74) is 1.47. The van der Waals surface area contributed by atoms with E-state index in [0.29, 0.717) is 22.7 Å². The lowest BCUT2D eigenvalue weighted by Gasteiger charge is -2.23. The van der Waals surface area contributed by atoms with E-state index >= 15 is 0 Å². The fourth-order valence-corrected chi connectivity index (χ4v) is 4.80. The average molecular weight is 444 g/mol. The number of aromatic nitrogens is 1. The van der Waals surface area contributed by atoms with Gasteiger partial charge in [-0.1, -0.05) is 29.8 Å².